The minimum atomic E-state index is -0.992. The molecule has 0 bridgehead atoms. The number of anilines is 1. The molecule has 2 rings (SSSR count). The van der Waals surface area contributed by atoms with Crippen LogP contribution in [-0.2, 0) is 16.6 Å². The molecule has 0 heterocycles. The Morgan fingerprint density at radius 3 is 2.54 bits per heavy atom. The van der Waals surface area contributed by atoms with E-state index in [0.717, 1.165) is 22.4 Å². The van der Waals surface area contributed by atoms with Gasteiger partial charge in [-0.15, -0.1) is 0 Å². The lowest BCUT2D eigenvalue weighted by Crippen LogP contribution is -2.31. The second-order valence-corrected chi connectivity index (χ2v) is 10.1. The van der Waals surface area contributed by atoms with Crippen LogP contribution in [0.4, 0.5) is 10.5 Å². The zero-order chi connectivity index (χ0) is 20.9. The number of carbonyl (C=O) groups is 1. The van der Waals surface area contributed by atoms with E-state index in [0.29, 0.717) is 11.4 Å². The zero-order valence-electron chi connectivity index (χ0n) is 17.5. The molecule has 2 unspecified atom stereocenters. The SMILES string of the molecule is COc1ccc(C)cc1C(C)NC(=O)Nc1cccc(CS(=O)C(C)(C)C)c1. The van der Waals surface area contributed by atoms with Crippen molar-refractivity contribution in [1.82, 2.24) is 5.32 Å². The Hall–Kier alpha value is -2.34. The van der Waals surface area contributed by atoms with Crippen molar-refractivity contribution in [2.75, 3.05) is 12.4 Å². The highest BCUT2D eigenvalue weighted by molar-refractivity contribution is 7.85. The molecule has 2 N–H and O–H groups in total. The third-order valence-corrected chi connectivity index (χ3v) is 6.33. The van der Waals surface area contributed by atoms with Crippen molar-refractivity contribution in [1.29, 1.82) is 0 Å². The van der Waals surface area contributed by atoms with Crippen molar-refractivity contribution in [2.24, 2.45) is 0 Å². The molecule has 0 saturated carbocycles. The molecule has 0 saturated heterocycles. The monoisotopic (exact) mass is 402 g/mol. The van der Waals surface area contributed by atoms with Gasteiger partial charge in [0.1, 0.15) is 5.75 Å². The lowest BCUT2D eigenvalue weighted by Gasteiger charge is -2.19. The van der Waals surface area contributed by atoms with Gasteiger partial charge in [-0.05, 0) is 58.4 Å². The maximum atomic E-state index is 12.5. The first-order chi connectivity index (χ1) is 13.1. The fourth-order valence-electron chi connectivity index (χ4n) is 2.74. The van der Waals surface area contributed by atoms with Gasteiger partial charge in [-0.1, -0.05) is 29.8 Å². The van der Waals surface area contributed by atoms with Gasteiger partial charge < -0.3 is 15.4 Å². The molecule has 2 aromatic carbocycles. The normalized spacial score (nSPS) is 13.5. The van der Waals surface area contributed by atoms with E-state index in [1.54, 1.807) is 7.11 Å². The summed E-state index contributed by atoms with van der Waals surface area (Å²) >= 11 is 0. The van der Waals surface area contributed by atoms with Gasteiger partial charge in [0.15, 0.2) is 0 Å². The van der Waals surface area contributed by atoms with Crippen molar-refractivity contribution < 1.29 is 13.7 Å². The van der Waals surface area contributed by atoms with Gasteiger partial charge in [0.25, 0.3) is 0 Å². The summed E-state index contributed by atoms with van der Waals surface area (Å²) in [5.41, 5.74) is 3.63. The molecule has 0 spiro atoms. The fourth-order valence-corrected chi connectivity index (χ4v) is 3.66. The van der Waals surface area contributed by atoms with Crippen LogP contribution in [0.25, 0.3) is 0 Å². The first-order valence-electron chi connectivity index (χ1n) is 9.29. The number of hydrogen-bond donors (Lipinski definition) is 2. The quantitative estimate of drug-likeness (QED) is 0.720. The average Bonchev–Trinajstić information content (AvgIpc) is 2.61. The predicted octanol–water partition coefficient (Wildman–Crippen LogP) is 4.93. The molecule has 28 heavy (non-hydrogen) atoms. The summed E-state index contributed by atoms with van der Waals surface area (Å²) in [6.07, 6.45) is 0. The summed E-state index contributed by atoms with van der Waals surface area (Å²) in [6, 6.07) is 12.8. The fraction of sp³-hybridized carbons (Fsp3) is 0.409. The lowest BCUT2D eigenvalue weighted by atomic mass is 10.0. The van der Waals surface area contributed by atoms with Gasteiger partial charge in [0.05, 0.1) is 13.2 Å². The first kappa shape index (κ1) is 22.0. The molecule has 0 radical (unpaired) electrons. The zero-order valence-corrected chi connectivity index (χ0v) is 18.3. The van der Waals surface area contributed by atoms with Gasteiger partial charge >= 0.3 is 6.03 Å². The van der Waals surface area contributed by atoms with Crippen molar-refractivity contribution >= 4 is 22.5 Å². The third kappa shape index (κ3) is 6.09. The van der Waals surface area contributed by atoms with Crippen LogP contribution < -0.4 is 15.4 Å². The van der Waals surface area contributed by atoms with E-state index in [4.69, 9.17) is 4.74 Å². The second kappa shape index (κ2) is 9.24. The average molecular weight is 403 g/mol. The number of aryl methyl sites for hydroxylation is 1. The largest absolute Gasteiger partial charge is 0.496 e. The van der Waals surface area contributed by atoms with E-state index in [1.807, 2.05) is 77.1 Å². The van der Waals surface area contributed by atoms with Gasteiger partial charge in [-0.2, -0.15) is 0 Å². The third-order valence-electron chi connectivity index (χ3n) is 4.36. The summed E-state index contributed by atoms with van der Waals surface area (Å²) < 4.78 is 17.5. The number of nitrogens with one attached hydrogen (secondary N) is 2. The molecule has 0 aliphatic heterocycles. The Bertz CT molecular complexity index is 859. The molecule has 2 amide bonds. The lowest BCUT2D eigenvalue weighted by molar-refractivity contribution is 0.249. The Labute approximate surface area is 170 Å². The van der Waals surface area contributed by atoms with Crippen LogP contribution in [0.2, 0.25) is 0 Å². The summed E-state index contributed by atoms with van der Waals surface area (Å²) in [6.45, 7) is 9.79. The van der Waals surface area contributed by atoms with E-state index >= 15 is 0 Å². The maximum absolute atomic E-state index is 12.5. The Morgan fingerprint density at radius 1 is 1.18 bits per heavy atom. The molecular formula is C22H30N2O3S. The van der Waals surface area contributed by atoms with Crippen molar-refractivity contribution in [2.45, 2.75) is 51.2 Å². The Morgan fingerprint density at radius 2 is 1.89 bits per heavy atom. The standard InChI is InChI=1S/C22H30N2O3S/c1-15-10-11-20(27-6)19(12-15)16(2)23-21(25)24-18-9-7-8-17(13-18)14-28(26)22(3,4)5/h7-13,16H,14H2,1-6H3,(H2,23,24,25). The van der Waals surface area contributed by atoms with Crippen LogP contribution in [0.5, 0.6) is 5.75 Å². The van der Waals surface area contributed by atoms with Crippen LogP contribution >= 0.6 is 0 Å². The molecule has 0 fully saturated rings. The first-order valence-corrected chi connectivity index (χ1v) is 10.6. The molecule has 0 aliphatic carbocycles. The van der Waals surface area contributed by atoms with Crippen LogP contribution in [0, 0.1) is 6.92 Å². The smallest absolute Gasteiger partial charge is 0.319 e. The number of carbonyl (C=O) groups excluding carboxylic acids is 1. The highest BCUT2D eigenvalue weighted by Gasteiger charge is 2.20. The number of methoxy groups -OCH3 is 1. The van der Waals surface area contributed by atoms with Gasteiger partial charge in [0.2, 0.25) is 0 Å². The molecule has 0 aliphatic rings. The second-order valence-electron chi connectivity index (χ2n) is 7.87. The van der Waals surface area contributed by atoms with E-state index in [2.05, 4.69) is 10.6 Å². The van der Waals surface area contributed by atoms with Crippen LogP contribution in [0.3, 0.4) is 0 Å². The minimum absolute atomic E-state index is 0.216. The maximum Gasteiger partial charge on any atom is 0.319 e. The Kier molecular flexibility index (Phi) is 7.24. The Balaban J connectivity index is 2.04. The topological polar surface area (TPSA) is 67.4 Å². The molecule has 0 aromatic heterocycles. The van der Waals surface area contributed by atoms with Crippen molar-refractivity contribution in [3.05, 3.63) is 59.2 Å². The number of urea groups is 1. The summed E-state index contributed by atoms with van der Waals surface area (Å²) in [7, 11) is 0.627. The van der Waals surface area contributed by atoms with Crippen LogP contribution in [-0.4, -0.2) is 22.1 Å². The van der Waals surface area contributed by atoms with E-state index in [9.17, 15) is 9.00 Å². The number of ether oxygens (including phenoxy) is 1. The number of amides is 2. The van der Waals surface area contributed by atoms with Gasteiger partial charge in [0, 0.05) is 32.6 Å². The summed E-state index contributed by atoms with van der Waals surface area (Å²) in [4.78, 5) is 12.5. The van der Waals surface area contributed by atoms with Crippen LogP contribution in [0.1, 0.15) is 50.4 Å². The molecule has 2 aromatic rings. The number of benzene rings is 2. The molecule has 6 heteroatoms. The van der Waals surface area contributed by atoms with Crippen molar-refractivity contribution in [3.8, 4) is 5.75 Å². The minimum Gasteiger partial charge on any atom is -0.496 e. The molecule has 5 nitrogen and oxygen atoms in total. The number of rotatable bonds is 6. The highest BCUT2D eigenvalue weighted by atomic mass is 32.2. The van der Waals surface area contributed by atoms with Gasteiger partial charge in [-0.25, -0.2) is 4.79 Å². The van der Waals surface area contributed by atoms with Crippen molar-refractivity contribution in [3.63, 3.8) is 0 Å². The number of hydrogen-bond acceptors (Lipinski definition) is 3. The molecular weight excluding hydrogens is 372 g/mol. The highest BCUT2D eigenvalue weighted by Crippen LogP contribution is 2.26. The molecule has 152 valence electrons. The molecule has 2 atom stereocenters. The van der Waals surface area contributed by atoms with Crippen LogP contribution in [0.15, 0.2) is 42.5 Å². The van der Waals surface area contributed by atoms with E-state index in [1.165, 1.54) is 0 Å². The predicted molar refractivity (Wildman–Crippen MR) is 116 cm³/mol. The van der Waals surface area contributed by atoms with E-state index < -0.39 is 10.8 Å². The van der Waals surface area contributed by atoms with E-state index in [-0.39, 0.29) is 16.8 Å². The summed E-state index contributed by atoms with van der Waals surface area (Å²) in [5, 5.41) is 5.80. The summed E-state index contributed by atoms with van der Waals surface area (Å²) in [5.74, 6) is 1.20. The van der Waals surface area contributed by atoms with Gasteiger partial charge in [-0.3, -0.25) is 4.21 Å².